The van der Waals surface area contributed by atoms with Crippen LogP contribution in [-0.4, -0.2) is 48.1 Å². The molecule has 0 aliphatic heterocycles. The molecule has 0 bridgehead atoms. The number of hydrogen-bond acceptors (Lipinski definition) is 4. The lowest BCUT2D eigenvalue weighted by Crippen LogP contribution is -2.43. The number of likely N-dealkylation sites (N-methyl/N-ethyl adjacent to an activating group) is 1. The summed E-state index contributed by atoms with van der Waals surface area (Å²) < 4.78 is 4.96. The highest BCUT2D eigenvalue weighted by Crippen LogP contribution is 2.03. The van der Waals surface area contributed by atoms with Gasteiger partial charge in [-0.15, -0.1) is 0 Å². The second-order valence-corrected chi connectivity index (χ2v) is 3.99. The van der Waals surface area contributed by atoms with Crippen LogP contribution in [0.3, 0.4) is 0 Å². The molecular formula is C12H18N2O4. The van der Waals surface area contributed by atoms with Gasteiger partial charge >= 0.3 is 0 Å². The normalized spacial score (nSPS) is 11.9. The van der Waals surface area contributed by atoms with Gasteiger partial charge in [-0.2, -0.15) is 0 Å². The van der Waals surface area contributed by atoms with E-state index in [2.05, 4.69) is 5.32 Å². The molecule has 0 saturated heterocycles. The van der Waals surface area contributed by atoms with Gasteiger partial charge in [-0.3, -0.25) is 9.59 Å². The molecule has 6 nitrogen and oxygen atoms in total. The van der Waals surface area contributed by atoms with E-state index in [1.54, 1.807) is 12.1 Å². The minimum Gasteiger partial charge on any atom is -0.459 e. The third-order valence-electron chi connectivity index (χ3n) is 2.54. The zero-order valence-corrected chi connectivity index (χ0v) is 10.5. The standard InChI is InChI=1S/C12H18N2O4/c1-3-9(8-15)13-11(16)7-14(2)12(17)10-5-4-6-18-10/h4-6,9,15H,3,7-8H2,1-2H3,(H,13,16)/t9-/m0/s1. The van der Waals surface area contributed by atoms with Gasteiger partial charge in [-0.1, -0.05) is 6.92 Å². The number of nitrogens with one attached hydrogen (secondary N) is 1. The minimum atomic E-state index is -0.354. The van der Waals surface area contributed by atoms with Crippen molar-refractivity contribution in [3.05, 3.63) is 24.2 Å². The summed E-state index contributed by atoms with van der Waals surface area (Å²) >= 11 is 0. The van der Waals surface area contributed by atoms with Gasteiger partial charge in [-0.05, 0) is 18.6 Å². The van der Waals surface area contributed by atoms with E-state index in [0.29, 0.717) is 6.42 Å². The van der Waals surface area contributed by atoms with Crippen LogP contribution >= 0.6 is 0 Å². The molecule has 18 heavy (non-hydrogen) atoms. The third kappa shape index (κ3) is 3.89. The third-order valence-corrected chi connectivity index (χ3v) is 2.54. The average Bonchev–Trinajstić information content (AvgIpc) is 2.88. The number of rotatable bonds is 6. The monoisotopic (exact) mass is 254 g/mol. The fraction of sp³-hybridized carbons (Fsp3) is 0.500. The number of hydrogen-bond donors (Lipinski definition) is 2. The summed E-state index contributed by atoms with van der Waals surface area (Å²) in [6, 6.07) is 2.88. The van der Waals surface area contributed by atoms with Crippen LogP contribution in [0.2, 0.25) is 0 Å². The highest BCUT2D eigenvalue weighted by Gasteiger charge is 2.18. The lowest BCUT2D eigenvalue weighted by Gasteiger charge is -2.18. The summed E-state index contributed by atoms with van der Waals surface area (Å²) in [6.07, 6.45) is 2.04. The molecule has 1 rings (SSSR count). The Labute approximate surface area is 106 Å². The van der Waals surface area contributed by atoms with Gasteiger partial charge in [0.05, 0.1) is 25.5 Å². The van der Waals surface area contributed by atoms with E-state index in [0.717, 1.165) is 0 Å². The topological polar surface area (TPSA) is 82.8 Å². The van der Waals surface area contributed by atoms with Gasteiger partial charge in [0.1, 0.15) is 0 Å². The zero-order valence-electron chi connectivity index (χ0n) is 10.5. The van der Waals surface area contributed by atoms with Crippen LogP contribution in [0.5, 0.6) is 0 Å². The molecule has 1 aromatic heterocycles. The van der Waals surface area contributed by atoms with E-state index in [9.17, 15) is 9.59 Å². The van der Waals surface area contributed by atoms with E-state index < -0.39 is 0 Å². The summed E-state index contributed by atoms with van der Waals surface area (Å²) in [4.78, 5) is 24.6. The molecule has 1 heterocycles. The number of furan rings is 1. The van der Waals surface area contributed by atoms with E-state index in [-0.39, 0.29) is 36.8 Å². The molecule has 0 fully saturated rings. The first kappa shape index (κ1) is 14.2. The number of carbonyl (C=O) groups excluding carboxylic acids is 2. The maximum Gasteiger partial charge on any atom is 0.289 e. The first-order valence-corrected chi connectivity index (χ1v) is 5.77. The number of carbonyl (C=O) groups is 2. The maximum absolute atomic E-state index is 11.8. The van der Waals surface area contributed by atoms with Crippen molar-refractivity contribution in [3.63, 3.8) is 0 Å². The summed E-state index contributed by atoms with van der Waals surface area (Å²) in [6.45, 7) is 1.67. The lowest BCUT2D eigenvalue weighted by molar-refractivity contribution is -0.122. The minimum absolute atomic E-state index is 0.0734. The van der Waals surface area contributed by atoms with E-state index in [1.807, 2.05) is 6.92 Å². The van der Waals surface area contributed by atoms with Crippen LogP contribution in [0.1, 0.15) is 23.9 Å². The van der Waals surface area contributed by atoms with E-state index in [4.69, 9.17) is 9.52 Å². The van der Waals surface area contributed by atoms with Crippen LogP contribution < -0.4 is 5.32 Å². The summed E-state index contributed by atoms with van der Waals surface area (Å²) in [5, 5.41) is 11.6. The molecule has 1 aromatic rings. The summed E-state index contributed by atoms with van der Waals surface area (Å²) in [5.41, 5.74) is 0. The van der Waals surface area contributed by atoms with Crippen LogP contribution in [0.15, 0.2) is 22.8 Å². The molecule has 0 radical (unpaired) electrons. The first-order valence-electron chi connectivity index (χ1n) is 5.77. The van der Waals surface area contributed by atoms with Crippen LogP contribution in [0.25, 0.3) is 0 Å². The van der Waals surface area contributed by atoms with Gasteiger partial charge in [0, 0.05) is 7.05 Å². The predicted octanol–water partition coefficient (Wildman–Crippen LogP) is 0.239. The van der Waals surface area contributed by atoms with Gasteiger partial charge in [0.15, 0.2) is 5.76 Å². The Bertz CT molecular complexity index is 385. The van der Waals surface area contributed by atoms with E-state index >= 15 is 0 Å². The molecule has 1 atom stereocenters. The molecule has 0 aromatic carbocycles. The first-order chi connectivity index (χ1) is 8.58. The van der Waals surface area contributed by atoms with Gasteiger partial charge in [0.2, 0.25) is 5.91 Å². The van der Waals surface area contributed by atoms with E-state index in [1.165, 1.54) is 18.2 Å². The van der Waals surface area contributed by atoms with Crippen molar-refractivity contribution in [1.29, 1.82) is 0 Å². The quantitative estimate of drug-likeness (QED) is 0.761. The molecule has 0 aliphatic carbocycles. The number of aliphatic hydroxyl groups excluding tert-OH is 1. The Morgan fingerprint density at radius 2 is 2.28 bits per heavy atom. The Hall–Kier alpha value is -1.82. The van der Waals surface area contributed by atoms with Gasteiger partial charge < -0.3 is 19.7 Å². The second kappa shape index (κ2) is 6.80. The molecule has 0 unspecified atom stereocenters. The molecule has 6 heteroatoms. The Morgan fingerprint density at radius 1 is 1.56 bits per heavy atom. The molecular weight excluding hydrogens is 236 g/mol. The lowest BCUT2D eigenvalue weighted by atomic mass is 10.2. The number of aliphatic hydroxyl groups is 1. The Balaban J connectivity index is 2.47. The zero-order chi connectivity index (χ0) is 13.5. The average molecular weight is 254 g/mol. The second-order valence-electron chi connectivity index (χ2n) is 3.99. The molecule has 2 N–H and O–H groups in total. The maximum atomic E-state index is 11.8. The SMILES string of the molecule is CC[C@@H](CO)NC(=O)CN(C)C(=O)c1ccco1. The van der Waals surface area contributed by atoms with Crippen molar-refractivity contribution < 1.29 is 19.1 Å². The molecule has 0 aliphatic rings. The number of amides is 2. The largest absolute Gasteiger partial charge is 0.459 e. The van der Waals surface area contributed by atoms with Crippen molar-refractivity contribution in [3.8, 4) is 0 Å². The predicted molar refractivity (Wildman–Crippen MR) is 65.0 cm³/mol. The van der Waals surface area contributed by atoms with Crippen LogP contribution in [0, 0.1) is 0 Å². The van der Waals surface area contributed by atoms with Crippen molar-refractivity contribution in [2.24, 2.45) is 0 Å². The van der Waals surface area contributed by atoms with Crippen molar-refractivity contribution in [2.45, 2.75) is 19.4 Å². The Morgan fingerprint density at radius 3 is 2.78 bits per heavy atom. The van der Waals surface area contributed by atoms with Gasteiger partial charge in [-0.25, -0.2) is 0 Å². The molecule has 100 valence electrons. The number of nitrogens with zero attached hydrogens (tertiary/aromatic N) is 1. The highest BCUT2D eigenvalue weighted by molar-refractivity contribution is 5.94. The smallest absolute Gasteiger partial charge is 0.289 e. The van der Waals surface area contributed by atoms with Gasteiger partial charge in [0.25, 0.3) is 5.91 Å². The fourth-order valence-electron chi connectivity index (χ4n) is 1.43. The van der Waals surface area contributed by atoms with Crippen molar-refractivity contribution in [2.75, 3.05) is 20.2 Å². The summed E-state index contributed by atoms with van der Waals surface area (Å²) in [7, 11) is 1.52. The van der Waals surface area contributed by atoms with Crippen LogP contribution in [0.4, 0.5) is 0 Å². The summed E-state index contributed by atoms with van der Waals surface area (Å²) in [5.74, 6) is -0.468. The van der Waals surface area contributed by atoms with Crippen molar-refractivity contribution >= 4 is 11.8 Å². The van der Waals surface area contributed by atoms with Crippen molar-refractivity contribution in [1.82, 2.24) is 10.2 Å². The Kier molecular flexibility index (Phi) is 5.38. The molecule has 0 spiro atoms. The fourth-order valence-corrected chi connectivity index (χ4v) is 1.43. The highest BCUT2D eigenvalue weighted by atomic mass is 16.3. The molecule has 0 saturated carbocycles. The molecule has 2 amide bonds. The van der Waals surface area contributed by atoms with Crippen LogP contribution in [-0.2, 0) is 4.79 Å².